The van der Waals surface area contributed by atoms with Crippen LogP contribution in [0.15, 0.2) is 29.3 Å². The molecule has 1 aromatic carbocycles. The summed E-state index contributed by atoms with van der Waals surface area (Å²) in [5.74, 6) is 0.500. The summed E-state index contributed by atoms with van der Waals surface area (Å²) >= 11 is 1.44. The van der Waals surface area contributed by atoms with Crippen LogP contribution in [0.4, 0.5) is 0 Å². The maximum atomic E-state index is 12.5. The molecular formula is C18H25BN2O4S. The first-order valence-electron chi connectivity index (χ1n) is 8.77. The Labute approximate surface area is 158 Å². The van der Waals surface area contributed by atoms with Crippen molar-refractivity contribution in [3.63, 3.8) is 0 Å². The number of unbranched alkanes of at least 4 members (excludes halogenated alkanes) is 1. The van der Waals surface area contributed by atoms with Gasteiger partial charge in [-0.15, -0.1) is 11.8 Å². The Morgan fingerprint density at radius 2 is 1.96 bits per heavy atom. The number of hydrogen-bond donors (Lipinski definition) is 2. The summed E-state index contributed by atoms with van der Waals surface area (Å²) in [5.41, 5.74) is 1.86. The molecule has 6 nitrogen and oxygen atoms in total. The molecule has 0 amide bonds. The van der Waals surface area contributed by atoms with E-state index in [1.807, 2.05) is 23.0 Å². The number of imidazole rings is 1. The summed E-state index contributed by atoms with van der Waals surface area (Å²) in [6.07, 6.45) is 4.72. The summed E-state index contributed by atoms with van der Waals surface area (Å²) < 4.78 is 7.16. The first kappa shape index (κ1) is 20.5. The van der Waals surface area contributed by atoms with Gasteiger partial charge in [0, 0.05) is 13.0 Å². The fourth-order valence-electron chi connectivity index (χ4n) is 2.69. The molecule has 0 aliphatic rings. The van der Waals surface area contributed by atoms with Gasteiger partial charge in [-0.3, -0.25) is 0 Å². The molecule has 0 aliphatic carbocycles. The van der Waals surface area contributed by atoms with Crippen molar-refractivity contribution in [3.05, 3.63) is 41.3 Å². The zero-order valence-corrected chi connectivity index (χ0v) is 16.3. The average molecular weight is 376 g/mol. The van der Waals surface area contributed by atoms with Crippen molar-refractivity contribution in [1.82, 2.24) is 9.55 Å². The van der Waals surface area contributed by atoms with Gasteiger partial charge in [-0.05, 0) is 30.6 Å². The normalized spacial score (nSPS) is 10.8. The Morgan fingerprint density at radius 1 is 1.27 bits per heavy atom. The van der Waals surface area contributed by atoms with Crippen molar-refractivity contribution in [2.45, 2.75) is 44.7 Å². The van der Waals surface area contributed by atoms with Gasteiger partial charge in [0.15, 0.2) is 5.69 Å². The van der Waals surface area contributed by atoms with Gasteiger partial charge in [0.1, 0.15) is 10.9 Å². The number of benzene rings is 1. The highest BCUT2D eigenvalue weighted by Gasteiger charge is 2.24. The molecular weight excluding hydrogens is 351 g/mol. The highest BCUT2D eigenvalue weighted by molar-refractivity contribution is 7.98. The van der Waals surface area contributed by atoms with Crippen molar-refractivity contribution < 1.29 is 19.6 Å². The number of carbonyl (C=O) groups is 1. The second kappa shape index (κ2) is 9.80. The topological polar surface area (TPSA) is 84.6 Å². The van der Waals surface area contributed by atoms with Crippen LogP contribution in [0.5, 0.6) is 0 Å². The van der Waals surface area contributed by atoms with Crippen LogP contribution >= 0.6 is 11.8 Å². The fourth-order valence-corrected chi connectivity index (χ4v) is 3.27. The second-order valence-electron chi connectivity index (χ2n) is 5.91. The van der Waals surface area contributed by atoms with Crippen LogP contribution in [0.1, 0.15) is 48.6 Å². The van der Waals surface area contributed by atoms with Crippen molar-refractivity contribution in [3.8, 4) is 0 Å². The van der Waals surface area contributed by atoms with E-state index in [2.05, 4.69) is 11.9 Å². The zero-order chi connectivity index (χ0) is 19.1. The number of hydrogen-bond acceptors (Lipinski definition) is 6. The lowest BCUT2D eigenvalue weighted by molar-refractivity contribution is 0.0509. The van der Waals surface area contributed by atoms with Crippen LogP contribution in [0.25, 0.3) is 0 Å². The third-order valence-electron chi connectivity index (χ3n) is 4.05. The predicted octanol–water partition coefficient (Wildman–Crippen LogP) is 1.85. The van der Waals surface area contributed by atoms with Crippen LogP contribution < -0.4 is 5.46 Å². The average Bonchev–Trinajstić information content (AvgIpc) is 2.98. The number of esters is 1. The second-order valence-corrected chi connectivity index (χ2v) is 6.71. The number of aryl methyl sites for hydroxylation is 1. The van der Waals surface area contributed by atoms with Gasteiger partial charge in [-0.25, -0.2) is 9.78 Å². The van der Waals surface area contributed by atoms with Gasteiger partial charge in [0.2, 0.25) is 0 Å². The lowest BCUT2D eigenvalue weighted by Crippen LogP contribution is -2.29. The van der Waals surface area contributed by atoms with Crippen LogP contribution in [0.2, 0.25) is 0 Å². The van der Waals surface area contributed by atoms with E-state index in [1.165, 1.54) is 11.8 Å². The van der Waals surface area contributed by atoms with Gasteiger partial charge in [-0.2, -0.15) is 0 Å². The number of aromatic nitrogens is 2. The van der Waals surface area contributed by atoms with E-state index in [1.54, 1.807) is 19.1 Å². The first-order valence-corrected chi connectivity index (χ1v) is 9.99. The van der Waals surface area contributed by atoms with E-state index in [4.69, 9.17) is 4.74 Å². The van der Waals surface area contributed by atoms with Crippen molar-refractivity contribution >= 4 is 30.3 Å². The monoisotopic (exact) mass is 376 g/mol. The minimum atomic E-state index is -1.49. The largest absolute Gasteiger partial charge is 0.488 e. The molecule has 2 N–H and O–H groups in total. The molecule has 0 saturated carbocycles. The number of ether oxygens (including phenoxy) is 1. The van der Waals surface area contributed by atoms with Crippen molar-refractivity contribution in [2.24, 2.45) is 0 Å². The molecule has 0 aliphatic heterocycles. The molecule has 8 heteroatoms. The van der Waals surface area contributed by atoms with Crippen molar-refractivity contribution in [1.29, 1.82) is 0 Å². The standard InChI is InChI=1S/C18H25BN2O4S/c1-4-6-7-15-20-17(26-3)16(18(22)25-5-2)21(15)12-13-8-10-14(11-9-13)19(23)24/h8-11,23-24H,4-7,12H2,1-3H3. The van der Waals surface area contributed by atoms with Gasteiger partial charge in [-0.1, -0.05) is 37.6 Å². The summed E-state index contributed by atoms with van der Waals surface area (Å²) in [7, 11) is -1.49. The van der Waals surface area contributed by atoms with E-state index in [-0.39, 0.29) is 5.97 Å². The fraction of sp³-hybridized carbons (Fsp3) is 0.444. The van der Waals surface area contributed by atoms with Crippen LogP contribution in [0.3, 0.4) is 0 Å². The van der Waals surface area contributed by atoms with Crippen LogP contribution in [-0.2, 0) is 17.7 Å². The molecule has 0 atom stereocenters. The van der Waals surface area contributed by atoms with Crippen molar-refractivity contribution in [2.75, 3.05) is 12.9 Å². The Bertz CT molecular complexity index is 732. The maximum absolute atomic E-state index is 12.5. The molecule has 2 rings (SSSR count). The summed E-state index contributed by atoms with van der Waals surface area (Å²) in [4.78, 5) is 17.2. The first-order chi connectivity index (χ1) is 12.5. The third kappa shape index (κ3) is 4.90. The molecule has 0 unspecified atom stereocenters. The Morgan fingerprint density at radius 3 is 2.50 bits per heavy atom. The third-order valence-corrected chi connectivity index (χ3v) is 4.72. The SMILES string of the molecule is CCCCc1nc(SC)c(C(=O)OCC)n1Cc1ccc(B(O)O)cc1. The number of nitrogens with zero attached hydrogens (tertiary/aromatic N) is 2. The minimum Gasteiger partial charge on any atom is -0.461 e. The van der Waals surface area contributed by atoms with Gasteiger partial charge in [0.05, 0.1) is 6.61 Å². The van der Waals surface area contributed by atoms with Crippen LogP contribution in [-0.4, -0.2) is 45.5 Å². The summed E-state index contributed by atoms with van der Waals surface area (Å²) in [5, 5.41) is 19.1. The Kier molecular flexibility index (Phi) is 7.74. The summed E-state index contributed by atoms with van der Waals surface area (Å²) in [6.45, 7) is 4.69. The predicted molar refractivity (Wildman–Crippen MR) is 104 cm³/mol. The van der Waals surface area contributed by atoms with E-state index in [9.17, 15) is 14.8 Å². The molecule has 26 heavy (non-hydrogen) atoms. The molecule has 0 fully saturated rings. The molecule has 0 saturated heterocycles. The highest BCUT2D eigenvalue weighted by atomic mass is 32.2. The molecule has 1 aromatic heterocycles. The highest BCUT2D eigenvalue weighted by Crippen LogP contribution is 2.24. The Hall–Kier alpha value is -1.77. The minimum absolute atomic E-state index is 0.311. The maximum Gasteiger partial charge on any atom is 0.488 e. The van der Waals surface area contributed by atoms with E-state index < -0.39 is 7.12 Å². The quantitative estimate of drug-likeness (QED) is 0.395. The molecule has 0 spiro atoms. The van der Waals surface area contributed by atoms with Gasteiger partial charge < -0.3 is 19.4 Å². The number of rotatable bonds is 9. The molecule has 1 heterocycles. The molecule has 0 radical (unpaired) electrons. The number of thioether (sulfide) groups is 1. The van der Waals surface area contributed by atoms with Gasteiger partial charge >= 0.3 is 13.1 Å². The van der Waals surface area contributed by atoms with Crippen LogP contribution in [0, 0.1) is 0 Å². The smallest absolute Gasteiger partial charge is 0.461 e. The summed E-state index contributed by atoms with van der Waals surface area (Å²) in [6, 6.07) is 6.99. The zero-order valence-electron chi connectivity index (χ0n) is 15.4. The lowest BCUT2D eigenvalue weighted by Gasteiger charge is -2.12. The van der Waals surface area contributed by atoms with Gasteiger partial charge in [0.25, 0.3) is 0 Å². The van der Waals surface area contributed by atoms with E-state index in [0.29, 0.717) is 29.3 Å². The molecule has 140 valence electrons. The lowest BCUT2D eigenvalue weighted by atomic mass is 9.80. The van der Waals surface area contributed by atoms with E-state index >= 15 is 0 Å². The Balaban J connectivity index is 2.41. The molecule has 2 aromatic rings. The number of carbonyl (C=O) groups excluding carboxylic acids is 1. The molecule has 0 bridgehead atoms. The van der Waals surface area contributed by atoms with E-state index in [0.717, 1.165) is 30.7 Å².